The van der Waals surface area contributed by atoms with Crippen LogP contribution in [0, 0.1) is 5.41 Å². The average molecular weight is 560 g/mol. The summed E-state index contributed by atoms with van der Waals surface area (Å²) in [6.45, 7) is 10.6. The van der Waals surface area contributed by atoms with Crippen LogP contribution in [0.5, 0.6) is 5.75 Å². The molecule has 1 aromatic heterocycles. The van der Waals surface area contributed by atoms with Gasteiger partial charge in [0.2, 0.25) is 5.91 Å². The molecule has 220 valence electrons. The van der Waals surface area contributed by atoms with Crippen LogP contribution in [0.1, 0.15) is 86.1 Å². The van der Waals surface area contributed by atoms with Crippen molar-refractivity contribution in [1.29, 1.82) is 0 Å². The van der Waals surface area contributed by atoms with Gasteiger partial charge in [0.1, 0.15) is 29.5 Å². The van der Waals surface area contributed by atoms with Crippen LogP contribution in [0.25, 0.3) is 10.9 Å². The zero-order valence-corrected chi connectivity index (χ0v) is 24.9. The second-order valence-corrected chi connectivity index (χ2v) is 13.4. The van der Waals surface area contributed by atoms with E-state index in [-0.39, 0.29) is 11.3 Å². The van der Waals surface area contributed by atoms with Crippen molar-refractivity contribution in [3.05, 3.63) is 35.7 Å². The molecule has 8 nitrogen and oxygen atoms in total. The molecule has 7 rings (SSSR count). The summed E-state index contributed by atoms with van der Waals surface area (Å²) in [5.41, 5.74) is 4.16. The van der Waals surface area contributed by atoms with E-state index in [1.54, 1.807) is 7.11 Å². The van der Waals surface area contributed by atoms with Gasteiger partial charge in [-0.3, -0.25) is 4.79 Å². The minimum Gasteiger partial charge on any atom is -0.489 e. The molecule has 1 aromatic carbocycles. The number of ether oxygens (including phenoxy) is 2. The van der Waals surface area contributed by atoms with E-state index < -0.39 is 0 Å². The third-order valence-corrected chi connectivity index (χ3v) is 10.3. The maximum atomic E-state index is 12.1. The molecule has 2 saturated carbocycles. The van der Waals surface area contributed by atoms with Crippen LogP contribution in [0.3, 0.4) is 0 Å². The lowest BCUT2D eigenvalue weighted by Gasteiger charge is -2.54. The van der Waals surface area contributed by atoms with Crippen molar-refractivity contribution in [2.45, 2.75) is 69.1 Å². The Hall–Kier alpha value is -2.71. The van der Waals surface area contributed by atoms with Crippen LogP contribution in [-0.2, 0) is 9.53 Å². The fraction of sp³-hybridized carbons (Fsp3) is 0.667. The number of hydrogen-bond acceptors (Lipinski definition) is 7. The molecular weight excluding hydrogens is 514 g/mol. The van der Waals surface area contributed by atoms with Gasteiger partial charge in [0, 0.05) is 55.6 Å². The highest BCUT2D eigenvalue weighted by Crippen LogP contribution is 2.55. The lowest BCUT2D eigenvalue weighted by molar-refractivity contribution is -0.139. The van der Waals surface area contributed by atoms with E-state index in [0.29, 0.717) is 31.0 Å². The third-order valence-electron chi connectivity index (χ3n) is 10.3. The number of likely N-dealkylation sites (tertiary alicyclic amines) is 2. The summed E-state index contributed by atoms with van der Waals surface area (Å²) >= 11 is 0. The number of benzene rings is 1. The lowest BCUT2D eigenvalue weighted by Crippen LogP contribution is -2.61. The molecule has 41 heavy (non-hydrogen) atoms. The first kappa shape index (κ1) is 27.1. The molecule has 5 fully saturated rings. The summed E-state index contributed by atoms with van der Waals surface area (Å²) in [4.78, 5) is 29.8. The van der Waals surface area contributed by atoms with E-state index in [1.807, 2.05) is 4.90 Å². The number of anilines is 1. The Bertz CT molecular complexity index is 1310. The lowest BCUT2D eigenvalue weighted by atomic mass is 9.72. The van der Waals surface area contributed by atoms with Gasteiger partial charge in [0.25, 0.3) is 0 Å². The minimum absolute atomic E-state index is 0.0580. The van der Waals surface area contributed by atoms with Gasteiger partial charge in [-0.15, -0.1) is 0 Å². The minimum atomic E-state index is 0.0580. The Morgan fingerprint density at radius 1 is 1.00 bits per heavy atom. The molecule has 1 amide bonds. The first-order valence-electron chi connectivity index (χ1n) is 15.8. The Labute approximate surface area is 244 Å². The topological polar surface area (TPSA) is 71.0 Å². The van der Waals surface area contributed by atoms with Gasteiger partial charge in [-0.1, -0.05) is 6.58 Å². The molecule has 2 aliphatic carbocycles. The Kier molecular flexibility index (Phi) is 7.18. The number of piperidine rings is 2. The van der Waals surface area contributed by atoms with E-state index in [0.717, 1.165) is 93.2 Å². The van der Waals surface area contributed by atoms with Gasteiger partial charge in [0.05, 0.1) is 6.61 Å². The molecule has 0 N–H and O–H groups in total. The summed E-state index contributed by atoms with van der Waals surface area (Å²) < 4.78 is 12.0. The monoisotopic (exact) mass is 559 g/mol. The van der Waals surface area contributed by atoms with Crippen LogP contribution in [0.2, 0.25) is 0 Å². The van der Waals surface area contributed by atoms with Crippen molar-refractivity contribution < 1.29 is 14.3 Å². The van der Waals surface area contributed by atoms with Gasteiger partial charge >= 0.3 is 0 Å². The van der Waals surface area contributed by atoms with Gasteiger partial charge < -0.3 is 24.2 Å². The summed E-state index contributed by atoms with van der Waals surface area (Å²) in [6.07, 6.45) is 10.8. The van der Waals surface area contributed by atoms with Crippen molar-refractivity contribution in [3.8, 4) is 5.75 Å². The van der Waals surface area contributed by atoms with Crippen molar-refractivity contribution in [3.63, 3.8) is 0 Å². The number of rotatable bonds is 9. The predicted octanol–water partition coefficient (Wildman–Crippen LogP) is 4.83. The van der Waals surface area contributed by atoms with Gasteiger partial charge in [-0.2, -0.15) is 0 Å². The van der Waals surface area contributed by atoms with E-state index in [4.69, 9.17) is 19.4 Å². The fourth-order valence-corrected chi connectivity index (χ4v) is 7.42. The summed E-state index contributed by atoms with van der Waals surface area (Å²) in [5, 5.41) is 1.16. The zero-order valence-electron chi connectivity index (χ0n) is 24.9. The first-order chi connectivity index (χ1) is 20.0. The molecule has 0 unspecified atom stereocenters. The summed E-state index contributed by atoms with van der Waals surface area (Å²) in [6, 6.07) is 2.45. The van der Waals surface area contributed by atoms with E-state index in [9.17, 15) is 4.79 Å². The number of carbonyl (C=O) groups is 1. The molecule has 4 heterocycles. The van der Waals surface area contributed by atoms with Crippen LogP contribution < -0.4 is 9.64 Å². The second-order valence-electron chi connectivity index (χ2n) is 13.4. The normalized spacial score (nSPS) is 23.2. The smallest absolute Gasteiger partial charge is 0.245 e. The third kappa shape index (κ3) is 5.22. The highest BCUT2D eigenvalue weighted by Gasteiger charge is 2.46. The van der Waals surface area contributed by atoms with Gasteiger partial charge in [0.15, 0.2) is 0 Å². The number of fused-ring (bicyclic) bond motifs is 1. The van der Waals surface area contributed by atoms with Crippen LogP contribution in [0.4, 0.5) is 5.82 Å². The van der Waals surface area contributed by atoms with E-state index in [2.05, 4.69) is 29.5 Å². The molecule has 2 aromatic rings. The van der Waals surface area contributed by atoms with Gasteiger partial charge in [-0.25, -0.2) is 9.97 Å². The molecule has 5 aliphatic rings. The van der Waals surface area contributed by atoms with E-state index >= 15 is 0 Å². The standard InChI is InChI=1S/C33H45N5O3/c1-4-27(39)38-20-33(21-38)11-15-37(16-12-33)32-26-19-25(22-5-6-22)28(23-7-8-23)30(41-18-17-40-3)29(26)34-31(35-32)24-9-13-36(2)14-10-24/h4,19,22-24H,1,5-18,20-21H2,2-3H3. The molecule has 3 saturated heterocycles. The van der Waals surface area contributed by atoms with Crippen LogP contribution in [-0.4, -0.2) is 92.3 Å². The molecule has 0 bridgehead atoms. The van der Waals surface area contributed by atoms with Crippen molar-refractivity contribution in [1.82, 2.24) is 19.8 Å². The van der Waals surface area contributed by atoms with Crippen LogP contribution in [0.15, 0.2) is 18.7 Å². The van der Waals surface area contributed by atoms with Crippen molar-refractivity contribution in [2.24, 2.45) is 5.41 Å². The number of carbonyl (C=O) groups excluding carboxylic acids is 1. The Morgan fingerprint density at radius 2 is 1.71 bits per heavy atom. The highest BCUT2D eigenvalue weighted by atomic mass is 16.5. The zero-order chi connectivity index (χ0) is 28.1. The molecule has 0 atom stereocenters. The number of amides is 1. The number of aromatic nitrogens is 2. The largest absolute Gasteiger partial charge is 0.489 e. The quantitative estimate of drug-likeness (QED) is 0.322. The SMILES string of the molecule is C=CC(=O)N1CC2(CCN(c3nc(C4CCN(C)CC4)nc4c(OCCOC)c(C5CC5)c(C5CC5)cc34)CC2)C1. The predicted molar refractivity (Wildman–Crippen MR) is 161 cm³/mol. The molecule has 8 heteroatoms. The van der Waals surface area contributed by atoms with Crippen molar-refractivity contribution >= 4 is 22.6 Å². The summed E-state index contributed by atoms with van der Waals surface area (Å²) in [5.74, 6) is 4.75. The number of hydrogen-bond donors (Lipinski definition) is 0. The van der Waals surface area contributed by atoms with Crippen LogP contribution >= 0.6 is 0 Å². The highest BCUT2D eigenvalue weighted by molar-refractivity contribution is 5.96. The molecule has 3 aliphatic heterocycles. The Morgan fingerprint density at radius 3 is 2.34 bits per heavy atom. The second kappa shape index (κ2) is 10.8. The molecule has 1 spiro atoms. The number of nitrogens with zero attached hydrogens (tertiary/aromatic N) is 5. The fourth-order valence-electron chi connectivity index (χ4n) is 7.42. The Balaban J connectivity index is 1.28. The van der Waals surface area contributed by atoms with E-state index in [1.165, 1.54) is 42.9 Å². The molecular formula is C33H45N5O3. The summed E-state index contributed by atoms with van der Waals surface area (Å²) in [7, 11) is 3.94. The number of methoxy groups -OCH3 is 1. The van der Waals surface area contributed by atoms with Crippen molar-refractivity contribution in [2.75, 3.05) is 71.5 Å². The maximum absolute atomic E-state index is 12.1. The first-order valence-corrected chi connectivity index (χ1v) is 15.8. The van der Waals surface area contributed by atoms with Gasteiger partial charge in [-0.05, 0) is 101 Å². The average Bonchev–Trinajstić information content (AvgIpc) is 3.89. The molecule has 0 radical (unpaired) electrons. The maximum Gasteiger partial charge on any atom is 0.245 e.